The first kappa shape index (κ1) is 35.1. The Morgan fingerprint density at radius 3 is 2.41 bits per heavy atom. The molecule has 2 aromatic rings. The highest BCUT2D eigenvalue weighted by molar-refractivity contribution is 5.72. The average Bonchev–Trinajstić information content (AvgIpc) is 2.96. The summed E-state index contributed by atoms with van der Waals surface area (Å²) < 4.78 is 17.2. The Bertz CT molecular complexity index is 1210. The molecular formula is C33H48N2O9. The fourth-order valence-corrected chi connectivity index (χ4v) is 6.36. The molecule has 6 N–H and O–H groups in total. The van der Waals surface area contributed by atoms with Crippen molar-refractivity contribution in [3.05, 3.63) is 36.0 Å². The first-order chi connectivity index (χ1) is 21.1. The molecule has 11 heteroatoms. The third-order valence-corrected chi connectivity index (χ3v) is 8.32. The molecule has 3 rings (SSSR count). The fourth-order valence-electron chi connectivity index (χ4n) is 6.36. The standard InChI is InChI=1S/C33H48N2O9/c1-21(39)43-28(18-31(44-22(2)40)27-14-23(9-11-36)4-3-5-24(15-27)20-38)7-6-25-16-32(42-13-12-37)30(41)19-29(25)26-8-10-35-33(34)17-26/h8,10,16-17,19,23-24,27-28,31,36-38,41H,3-7,9,11-15,18,20H2,1-2H3,(H2,34,35). The summed E-state index contributed by atoms with van der Waals surface area (Å²) in [5, 5.41) is 39.6. The quantitative estimate of drug-likeness (QED) is 0.184. The molecular weight excluding hydrogens is 568 g/mol. The van der Waals surface area contributed by atoms with Crippen molar-refractivity contribution in [1.82, 2.24) is 4.98 Å². The van der Waals surface area contributed by atoms with Gasteiger partial charge in [-0.15, -0.1) is 0 Å². The molecule has 1 saturated carbocycles. The van der Waals surface area contributed by atoms with Crippen LogP contribution in [-0.4, -0.2) is 76.0 Å². The van der Waals surface area contributed by atoms with Gasteiger partial charge in [0.05, 0.1) is 6.61 Å². The number of nitrogens with two attached hydrogens (primary N) is 1. The number of aromatic nitrogens is 1. The number of carbonyl (C=O) groups is 2. The van der Waals surface area contributed by atoms with Gasteiger partial charge in [-0.1, -0.05) is 12.8 Å². The number of aromatic hydroxyl groups is 1. The molecule has 11 nitrogen and oxygen atoms in total. The molecule has 0 aliphatic heterocycles. The number of phenols is 1. The molecule has 5 unspecified atom stereocenters. The average molecular weight is 617 g/mol. The number of hydrogen-bond acceptors (Lipinski definition) is 11. The summed E-state index contributed by atoms with van der Waals surface area (Å²) in [6.07, 6.45) is 6.31. The van der Waals surface area contributed by atoms with Crippen LogP contribution in [0.2, 0.25) is 0 Å². The molecule has 0 spiro atoms. The maximum Gasteiger partial charge on any atom is 0.302 e. The summed E-state index contributed by atoms with van der Waals surface area (Å²) in [5.41, 5.74) is 8.16. The van der Waals surface area contributed by atoms with E-state index in [1.165, 1.54) is 13.8 Å². The number of nitrogen functional groups attached to an aromatic ring is 1. The summed E-state index contributed by atoms with van der Waals surface area (Å²) in [6.45, 7) is 2.61. The number of nitrogens with zero attached hydrogens (tertiary/aromatic N) is 1. The van der Waals surface area contributed by atoms with Crippen LogP contribution in [0.4, 0.5) is 5.82 Å². The van der Waals surface area contributed by atoms with Crippen molar-refractivity contribution < 1.29 is 44.2 Å². The van der Waals surface area contributed by atoms with Crippen LogP contribution in [0.5, 0.6) is 11.5 Å². The van der Waals surface area contributed by atoms with E-state index < -0.39 is 24.1 Å². The van der Waals surface area contributed by atoms with Crippen molar-refractivity contribution in [2.75, 3.05) is 32.2 Å². The number of pyridine rings is 1. The van der Waals surface area contributed by atoms with E-state index in [1.54, 1.807) is 30.5 Å². The highest BCUT2D eigenvalue weighted by atomic mass is 16.6. The van der Waals surface area contributed by atoms with E-state index >= 15 is 0 Å². The number of aryl methyl sites for hydroxylation is 1. The first-order valence-electron chi connectivity index (χ1n) is 15.5. The predicted molar refractivity (Wildman–Crippen MR) is 165 cm³/mol. The van der Waals surface area contributed by atoms with Gasteiger partial charge in [-0.25, -0.2) is 4.98 Å². The van der Waals surface area contributed by atoms with Gasteiger partial charge < -0.3 is 40.4 Å². The van der Waals surface area contributed by atoms with Gasteiger partial charge in [-0.2, -0.15) is 0 Å². The number of benzene rings is 1. The van der Waals surface area contributed by atoms with Gasteiger partial charge in [-0.05, 0) is 97.2 Å². The van der Waals surface area contributed by atoms with Crippen LogP contribution in [0, 0.1) is 17.8 Å². The van der Waals surface area contributed by atoms with Crippen molar-refractivity contribution in [2.24, 2.45) is 17.8 Å². The van der Waals surface area contributed by atoms with Gasteiger partial charge in [0.15, 0.2) is 11.5 Å². The Morgan fingerprint density at radius 2 is 1.75 bits per heavy atom. The maximum atomic E-state index is 12.3. The minimum Gasteiger partial charge on any atom is -0.504 e. The lowest BCUT2D eigenvalue weighted by atomic mass is 9.75. The zero-order chi connectivity index (χ0) is 32.1. The van der Waals surface area contributed by atoms with Crippen molar-refractivity contribution >= 4 is 17.8 Å². The zero-order valence-electron chi connectivity index (χ0n) is 25.8. The van der Waals surface area contributed by atoms with E-state index in [0.29, 0.717) is 37.1 Å². The van der Waals surface area contributed by atoms with Gasteiger partial charge in [0, 0.05) is 39.7 Å². The van der Waals surface area contributed by atoms with Crippen LogP contribution in [0.3, 0.4) is 0 Å². The number of rotatable bonds is 15. The molecule has 0 saturated heterocycles. The molecule has 1 aromatic carbocycles. The number of ether oxygens (including phenoxy) is 3. The monoisotopic (exact) mass is 616 g/mol. The molecule has 1 aliphatic carbocycles. The van der Waals surface area contributed by atoms with E-state index in [4.69, 9.17) is 19.9 Å². The van der Waals surface area contributed by atoms with Gasteiger partial charge in [0.2, 0.25) is 0 Å². The lowest BCUT2D eigenvalue weighted by Gasteiger charge is -2.35. The maximum absolute atomic E-state index is 12.3. The molecule has 244 valence electrons. The second-order valence-electron chi connectivity index (χ2n) is 11.8. The summed E-state index contributed by atoms with van der Waals surface area (Å²) in [5.74, 6) is -0.200. The third kappa shape index (κ3) is 10.9. The minimum absolute atomic E-state index is 0.00217. The number of anilines is 1. The van der Waals surface area contributed by atoms with Crippen LogP contribution >= 0.6 is 0 Å². The third-order valence-electron chi connectivity index (χ3n) is 8.32. The molecule has 1 aliphatic rings. The summed E-state index contributed by atoms with van der Waals surface area (Å²) in [6, 6.07) is 6.75. The SMILES string of the molecule is CC(=O)OC(CCc1cc(OCCO)c(O)cc1-c1ccnc(N)c1)CC(OC(C)=O)C1CC(CO)CCCC(CCO)C1. The zero-order valence-corrected chi connectivity index (χ0v) is 25.8. The number of aliphatic hydroxyl groups is 3. The first-order valence-corrected chi connectivity index (χ1v) is 15.5. The number of aliphatic hydroxyl groups excluding tert-OH is 3. The Kier molecular flexibility index (Phi) is 14.2. The molecule has 1 aromatic heterocycles. The topological polar surface area (TPSA) is 182 Å². The molecule has 5 atom stereocenters. The highest BCUT2D eigenvalue weighted by Gasteiger charge is 2.34. The Morgan fingerprint density at radius 1 is 1.02 bits per heavy atom. The smallest absolute Gasteiger partial charge is 0.302 e. The Labute approximate surface area is 259 Å². The molecule has 0 bridgehead atoms. The summed E-state index contributed by atoms with van der Waals surface area (Å²) >= 11 is 0. The second-order valence-corrected chi connectivity index (χ2v) is 11.8. The number of hydrogen-bond donors (Lipinski definition) is 5. The molecule has 1 fully saturated rings. The largest absolute Gasteiger partial charge is 0.504 e. The summed E-state index contributed by atoms with van der Waals surface area (Å²) in [4.78, 5) is 28.6. The van der Waals surface area contributed by atoms with Crippen LogP contribution in [0.25, 0.3) is 11.1 Å². The van der Waals surface area contributed by atoms with E-state index in [-0.39, 0.29) is 62.1 Å². The number of phenolic OH excluding ortho intramolecular Hbond substituents is 1. The summed E-state index contributed by atoms with van der Waals surface area (Å²) in [7, 11) is 0. The molecule has 1 heterocycles. The van der Waals surface area contributed by atoms with E-state index in [0.717, 1.165) is 36.8 Å². The number of carbonyl (C=O) groups excluding carboxylic acids is 2. The van der Waals surface area contributed by atoms with E-state index in [9.17, 15) is 30.0 Å². The second kappa shape index (κ2) is 17.8. The van der Waals surface area contributed by atoms with Crippen LogP contribution in [0.15, 0.2) is 30.5 Å². The molecule has 0 amide bonds. The van der Waals surface area contributed by atoms with Crippen LogP contribution < -0.4 is 10.5 Å². The van der Waals surface area contributed by atoms with Gasteiger partial charge in [0.25, 0.3) is 0 Å². The molecule has 44 heavy (non-hydrogen) atoms. The predicted octanol–water partition coefficient (Wildman–Crippen LogP) is 3.78. The van der Waals surface area contributed by atoms with E-state index in [2.05, 4.69) is 4.98 Å². The minimum atomic E-state index is -0.600. The fraction of sp³-hybridized carbons (Fsp3) is 0.606. The van der Waals surface area contributed by atoms with Gasteiger partial charge in [0.1, 0.15) is 24.6 Å². The van der Waals surface area contributed by atoms with Gasteiger partial charge >= 0.3 is 11.9 Å². The van der Waals surface area contributed by atoms with Crippen molar-refractivity contribution in [3.63, 3.8) is 0 Å². The lowest BCUT2D eigenvalue weighted by Crippen LogP contribution is -2.36. The van der Waals surface area contributed by atoms with E-state index in [1.807, 2.05) is 0 Å². The van der Waals surface area contributed by atoms with Crippen LogP contribution in [0.1, 0.15) is 70.8 Å². The van der Waals surface area contributed by atoms with Crippen molar-refractivity contribution in [2.45, 2.75) is 83.8 Å². The Hall–Kier alpha value is -3.41. The highest BCUT2D eigenvalue weighted by Crippen LogP contribution is 2.38. The number of esters is 2. The van der Waals surface area contributed by atoms with Crippen LogP contribution in [-0.2, 0) is 25.5 Å². The Balaban J connectivity index is 1.92. The normalized spacial score (nSPS) is 20.2. The lowest BCUT2D eigenvalue weighted by molar-refractivity contribution is -0.156. The molecule has 0 radical (unpaired) electrons. The van der Waals surface area contributed by atoms with Crippen molar-refractivity contribution in [3.8, 4) is 22.6 Å². The van der Waals surface area contributed by atoms with Crippen molar-refractivity contribution in [1.29, 1.82) is 0 Å². The van der Waals surface area contributed by atoms with Gasteiger partial charge in [-0.3, -0.25) is 9.59 Å².